The second-order valence-corrected chi connectivity index (χ2v) is 2.91. The molecule has 1 N–H and O–H groups in total. The number of rotatable bonds is 1. The van der Waals surface area contributed by atoms with Crippen LogP contribution in [0.5, 0.6) is 0 Å². The predicted octanol–water partition coefficient (Wildman–Crippen LogP) is -0.379. The van der Waals surface area contributed by atoms with E-state index in [1.165, 1.54) is 19.1 Å². The quantitative estimate of drug-likeness (QED) is 0.631. The van der Waals surface area contributed by atoms with E-state index in [4.69, 9.17) is 0 Å². The SMILES string of the molecule is COC(=O)C1CNCCN1C(=O)OC.Cl. The molecule has 6 nitrogen and oxygen atoms in total. The van der Waals surface area contributed by atoms with Crippen LogP contribution in [-0.4, -0.2) is 56.9 Å². The molecule has 1 heterocycles. The molecule has 0 aromatic rings. The van der Waals surface area contributed by atoms with Crippen LogP contribution >= 0.6 is 12.4 Å². The van der Waals surface area contributed by atoms with Crippen LogP contribution < -0.4 is 5.32 Å². The summed E-state index contributed by atoms with van der Waals surface area (Å²) in [6.45, 7) is 1.51. The second kappa shape index (κ2) is 6.47. The summed E-state index contributed by atoms with van der Waals surface area (Å²) in [6, 6.07) is -0.582. The highest BCUT2D eigenvalue weighted by molar-refractivity contribution is 5.85. The Bertz CT molecular complexity index is 213. The molecule has 1 saturated heterocycles. The topological polar surface area (TPSA) is 67.9 Å². The Morgan fingerprint density at radius 3 is 2.53 bits per heavy atom. The highest BCUT2D eigenvalue weighted by atomic mass is 35.5. The van der Waals surface area contributed by atoms with Crippen LogP contribution in [0.1, 0.15) is 0 Å². The zero-order chi connectivity index (χ0) is 10.6. The maximum atomic E-state index is 11.3. The molecule has 0 saturated carbocycles. The minimum absolute atomic E-state index is 0. The fraction of sp³-hybridized carbons (Fsp3) is 0.750. The standard InChI is InChI=1S/C8H14N2O4.ClH/c1-13-7(11)6-5-9-3-4-10(6)8(12)14-2;/h6,9H,3-5H2,1-2H3;1H. The number of halogens is 1. The molecule has 0 bridgehead atoms. The minimum Gasteiger partial charge on any atom is -0.467 e. The fourth-order valence-electron chi connectivity index (χ4n) is 1.39. The Hall–Kier alpha value is -1.01. The summed E-state index contributed by atoms with van der Waals surface area (Å²) in [6.07, 6.45) is -0.498. The number of carbonyl (C=O) groups is 2. The van der Waals surface area contributed by atoms with E-state index in [1.54, 1.807) is 0 Å². The average Bonchev–Trinajstić information content (AvgIpc) is 2.27. The van der Waals surface area contributed by atoms with Gasteiger partial charge in [0.15, 0.2) is 0 Å². The largest absolute Gasteiger partial charge is 0.467 e. The molecule has 0 spiro atoms. The summed E-state index contributed by atoms with van der Waals surface area (Å²) in [7, 11) is 2.59. The third-order valence-electron chi connectivity index (χ3n) is 2.13. The van der Waals surface area contributed by atoms with Crippen molar-refractivity contribution in [3.63, 3.8) is 0 Å². The normalized spacial score (nSPS) is 20.1. The number of methoxy groups -OCH3 is 2. The number of nitrogens with one attached hydrogen (secondary N) is 1. The number of amides is 1. The number of ether oxygens (including phenoxy) is 2. The van der Waals surface area contributed by atoms with Gasteiger partial charge in [-0.3, -0.25) is 4.90 Å². The van der Waals surface area contributed by atoms with Crippen molar-refractivity contribution in [2.45, 2.75) is 6.04 Å². The molecule has 1 rings (SSSR count). The number of carbonyl (C=O) groups excluding carboxylic acids is 2. The smallest absolute Gasteiger partial charge is 0.410 e. The lowest BCUT2D eigenvalue weighted by Crippen LogP contribution is -2.57. The van der Waals surface area contributed by atoms with Gasteiger partial charge in [-0.05, 0) is 0 Å². The molecule has 0 aromatic heterocycles. The van der Waals surface area contributed by atoms with E-state index in [0.29, 0.717) is 19.6 Å². The molecular weight excluding hydrogens is 224 g/mol. The van der Waals surface area contributed by atoms with E-state index in [0.717, 1.165) is 0 Å². The van der Waals surface area contributed by atoms with Gasteiger partial charge in [0, 0.05) is 19.6 Å². The Morgan fingerprint density at radius 2 is 2.00 bits per heavy atom. The van der Waals surface area contributed by atoms with Gasteiger partial charge in [-0.2, -0.15) is 0 Å². The van der Waals surface area contributed by atoms with Crippen molar-refractivity contribution < 1.29 is 19.1 Å². The van der Waals surface area contributed by atoms with Crippen LogP contribution in [0.15, 0.2) is 0 Å². The predicted molar refractivity (Wildman–Crippen MR) is 55.0 cm³/mol. The second-order valence-electron chi connectivity index (χ2n) is 2.91. The van der Waals surface area contributed by atoms with Crippen LogP contribution in [0.3, 0.4) is 0 Å². The van der Waals surface area contributed by atoms with Crippen LogP contribution in [0.25, 0.3) is 0 Å². The molecule has 0 radical (unpaired) electrons. The van der Waals surface area contributed by atoms with Gasteiger partial charge in [-0.25, -0.2) is 9.59 Å². The van der Waals surface area contributed by atoms with Crippen molar-refractivity contribution in [2.24, 2.45) is 0 Å². The summed E-state index contributed by atoms with van der Waals surface area (Å²) in [5, 5.41) is 3.01. The third-order valence-corrected chi connectivity index (χ3v) is 2.13. The Balaban J connectivity index is 0.00000196. The molecule has 1 atom stereocenters. The molecule has 1 aliphatic heterocycles. The summed E-state index contributed by atoms with van der Waals surface area (Å²) >= 11 is 0. The number of hydrogen-bond acceptors (Lipinski definition) is 5. The van der Waals surface area contributed by atoms with Crippen LogP contribution in [0.4, 0.5) is 4.79 Å². The van der Waals surface area contributed by atoms with E-state index in [1.807, 2.05) is 0 Å². The van der Waals surface area contributed by atoms with Crippen molar-refractivity contribution in [3.05, 3.63) is 0 Å². The lowest BCUT2D eigenvalue weighted by atomic mass is 10.2. The molecule has 7 heteroatoms. The van der Waals surface area contributed by atoms with E-state index in [-0.39, 0.29) is 12.4 Å². The summed E-state index contributed by atoms with van der Waals surface area (Å²) in [5.74, 6) is -0.428. The van der Waals surface area contributed by atoms with Gasteiger partial charge >= 0.3 is 12.1 Å². The van der Waals surface area contributed by atoms with Gasteiger partial charge in [-0.15, -0.1) is 12.4 Å². The highest BCUT2D eigenvalue weighted by Gasteiger charge is 2.33. The van der Waals surface area contributed by atoms with Crippen molar-refractivity contribution in [3.8, 4) is 0 Å². The fourth-order valence-corrected chi connectivity index (χ4v) is 1.39. The van der Waals surface area contributed by atoms with E-state index in [2.05, 4.69) is 14.8 Å². The van der Waals surface area contributed by atoms with Crippen LogP contribution in [-0.2, 0) is 14.3 Å². The first-order valence-corrected chi connectivity index (χ1v) is 4.34. The maximum Gasteiger partial charge on any atom is 0.410 e. The first-order valence-electron chi connectivity index (χ1n) is 4.34. The van der Waals surface area contributed by atoms with Crippen molar-refractivity contribution in [1.29, 1.82) is 0 Å². The lowest BCUT2D eigenvalue weighted by molar-refractivity contribution is -0.146. The Labute approximate surface area is 94.3 Å². The first-order chi connectivity index (χ1) is 6.70. The van der Waals surface area contributed by atoms with Gasteiger partial charge in [0.2, 0.25) is 0 Å². The van der Waals surface area contributed by atoms with Crippen molar-refractivity contribution in [2.75, 3.05) is 33.9 Å². The summed E-state index contributed by atoms with van der Waals surface area (Å²) in [4.78, 5) is 23.9. The number of piperazine rings is 1. The summed E-state index contributed by atoms with van der Waals surface area (Å²) in [5.41, 5.74) is 0. The van der Waals surface area contributed by atoms with E-state index in [9.17, 15) is 9.59 Å². The maximum absolute atomic E-state index is 11.3. The molecular formula is C8H15ClN2O4. The minimum atomic E-state index is -0.582. The zero-order valence-corrected chi connectivity index (χ0v) is 9.50. The van der Waals surface area contributed by atoms with Gasteiger partial charge in [0.05, 0.1) is 14.2 Å². The molecule has 15 heavy (non-hydrogen) atoms. The van der Waals surface area contributed by atoms with Gasteiger partial charge < -0.3 is 14.8 Å². The van der Waals surface area contributed by atoms with E-state index < -0.39 is 18.1 Å². The lowest BCUT2D eigenvalue weighted by Gasteiger charge is -2.32. The number of nitrogens with zero attached hydrogens (tertiary/aromatic N) is 1. The van der Waals surface area contributed by atoms with Crippen LogP contribution in [0.2, 0.25) is 0 Å². The molecule has 0 aromatic carbocycles. The average molecular weight is 239 g/mol. The molecule has 88 valence electrons. The van der Waals surface area contributed by atoms with Gasteiger partial charge in [0.25, 0.3) is 0 Å². The summed E-state index contributed by atoms with van der Waals surface area (Å²) < 4.78 is 9.15. The Morgan fingerprint density at radius 1 is 1.33 bits per heavy atom. The van der Waals surface area contributed by atoms with E-state index >= 15 is 0 Å². The third kappa shape index (κ3) is 3.24. The first kappa shape index (κ1) is 14.0. The zero-order valence-electron chi connectivity index (χ0n) is 8.69. The molecule has 1 fully saturated rings. The molecule has 1 aliphatic rings. The van der Waals surface area contributed by atoms with Gasteiger partial charge in [-0.1, -0.05) is 0 Å². The molecule has 1 amide bonds. The number of esters is 1. The van der Waals surface area contributed by atoms with Crippen LogP contribution in [0, 0.1) is 0 Å². The van der Waals surface area contributed by atoms with Crippen molar-refractivity contribution in [1.82, 2.24) is 10.2 Å². The van der Waals surface area contributed by atoms with Gasteiger partial charge in [0.1, 0.15) is 6.04 Å². The Kier molecular flexibility index (Phi) is 6.03. The number of hydrogen-bond donors (Lipinski definition) is 1. The molecule has 1 unspecified atom stereocenters. The monoisotopic (exact) mass is 238 g/mol. The van der Waals surface area contributed by atoms with Crippen molar-refractivity contribution >= 4 is 24.5 Å². The molecule has 0 aliphatic carbocycles. The highest BCUT2D eigenvalue weighted by Crippen LogP contribution is 2.06.